The molecular weight excluding hydrogens is 1030 g/mol. The smallest absolute Gasteiger partial charge is 0.726 e. The van der Waals surface area contributed by atoms with Gasteiger partial charge < -0.3 is 61.1 Å². The van der Waals surface area contributed by atoms with Crippen LogP contribution < -0.4 is 44.7 Å². The number of esters is 2. The van der Waals surface area contributed by atoms with Crippen LogP contribution in [0, 0.1) is 0 Å². The van der Waals surface area contributed by atoms with Crippen molar-refractivity contribution in [1.29, 1.82) is 0 Å². The van der Waals surface area contributed by atoms with Gasteiger partial charge in [0, 0.05) is 33.1 Å². The number of ether oxygens (including phenoxy) is 10. The van der Waals surface area contributed by atoms with Crippen molar-refractivity contribution < 1.29 is 113 Å². The van der Waals surface area contributed by atoms with Crippen LogP contribution in [-0.4, -0.2) is 150 Å². The maximum Gasteiger partial charge on any atom is 1.00 e. The van der Waals surface area contributed by atoms with Gasteiger partial charge in [0.2, 0.25) is 10.4 Å². The Bertz CT molecular complexity index is 2370. The molecule has 74 heavy (non-hydrogen) atoms. The van der Waals surface area contributed by atoms with E-state index in [9.17, 15) is 32.9 Å². The van der Waals surface area contributed by atoms with E-state index in [4.69, 9.17) is 56.0 Å². The van der Waals surface area contributed by atoms with Crippen molar-refractivity contribution >= 4 is 54.9 Å². The number of methoxy groups -OCH3 is 3. The number of hydrogen-bond donors (Lipinski definition) is 0. The standard InChI is InChI=1S/C49H69N3O18SSi2.Na/c1-32(53)21-26-38(54)67-41-39(51-52-50)47(68-43-42(64-31-62-27-28-72(8,9)10)45(70-71(56,57)58)48(61-7)69-44(43)46(55)60-6)66-37(40(41)63-29-33-22-24-34(59-5)25-23-33)30-65-73(49(2,3)4,35-17-13-11-14-18-35)36-19-15-12-16-20-36;/h11-20,22-25,37,39-45,47-48H,21,26-31H2,1-10H3,(H,56,57,58);/q;+1/p-1/t37-,39-,40-,41-,42+,43+,44+,45-,47-,48+;/m1./s1. The first-order valence-corrected chi connectivity index (χ1v) is 30.6. The summed E-state index contributed by atoms with van der Waals surface area (Å²) in [6, 6.07) is 25.5. The minimum atomic E-state index is -5.55. The Balaban J connectivity index is 0.0000119. The van der Waals surface area contributed by atoms with Gasteiger partial charge in [-0.05, 0) is 51.6 Å². The largest absolute Gasteiger partial charge is 1.00 e. The fourth-order valence-electron chi connectivity index (χ4n) is 8.63. The maximum atomic E-state index is 13.9. The number of carbonyl (C=O) groups is 3. The van der Waals surface area contributed by atoms with Gasteiger partial charge in [-0.25, -0.2) is 13.2 Å². The molecular formula is C49H68N3NaO18SSi2. The number of benzene rings is 3. The zero-order valence-corrected chi connectivity index (χ0v) is 48.7. The molecule has 0 spiro atoms. The minimum Gasteiger partial charge on any atom is -0.726 e. The molecule has 10 atom stereocenters. The summed E-state index contributed by atoms with van der Waals surface area (Å²) in [5, 5.41) is 5.30. The molecule has 2 fully saturated rings. The van der Waals surface area contributed by atoms with Crippen LogP contribution in [0.15, 0.2) is 90.0 Å². The van der Waals surface area contributed by atoms with Crippen molar-refractivity contribution in [3.05, 3.63) is 101 Å². The Morgan fingerprint density at radius 1 is 0.811 bits per heavy atom. The Hall–Kier alpha value is -3.64. The third kappa shape index (κ3) is 17.2. The van der Waals surface area contributed by atoms with Gasteiger partial charge >= 0.3 is 41.5 Å². The third-order valence-electron chi connectivity index (χ3n) is 12.3. The molecule has 3 aromatic rings. The number of nitrogens with zero attached hydrogens (tertiary/aromatic N) is 3. The van der Waals surface area contributed by atoms with Crippen molar-refractivity contribution in [2.24, 2.45) is 5.11 Å². The molecule has 0 aromatic heterocycles. The van der Waals surface area contributed by atoms with Crippen LogP contribution in [0.1, 0.15) is 46.1 Å². The molecule has 3 aromatic carbocycles. The predicted molar refractivity (Wildman–Crippen MR) is 268 cm³/mol. The topological polar surface area (TPSA) is 268 Å². The predicted octanol–water partition coefficient (Wildman–Crippen LogP) is 2.32. The molecule has 0 N–H and O–H groups in total. The number of carbonyl (C=O) groups excluding carboxylic acids is 3. The summed E-state index contributed by atoms with van der Waals surface area (Å²) < 4.78 is 110. The normalized spacial score (nSPS) is 24.4. The van der Waals surface area contributed by atoms with E-state index in [1.165, 1.54) is 14.0 Å². The van der Waals surface area contributed by atoms with E-state index in [-0.39, 0.29) is 68.0 Å². The van der Waals surface area contributed by atoms with Crippen molar-refractivity contribution in [3.63, 3.8) is 0 Å². The number of azide groups is 1. The summed E-state index contributed by atoms with van der Waals surface area (Å²) >= 11 is 0. The Labute approximate surface area is 457 Å². The summed E-state index contributed by atoms with van der Waals surface area (Å²) in [6.45, 7) is 13.2. The van der Waals surface area contributed by atoms with Gasteiger partial charge in [0.25, 0.3) is 8.32 Å². The van der Waals surface area contributed by atoms with Crippen molar-refractivity contribution in [3.8, 4) is 5.75 Å². The molecule has 402 valence electrons. The molecule has 0 radical (unpaired) electrons. The van der Waals surface area contributed by atoms with Gasteiger partial charge in [-0.1, -0.05) is 118 Å². The molecule has 2 heterocycles. The Kier molecular flexibility index (Phi) is 24.4. The second-order valence-corrected chi connectivity index (χ2v) is 30.7. The Morgan fingerprint density at radius 2 is 1.43 bits per heavy atom. The van der Waals surface area contributed by atoms with Gasteiger partial charge in [-0.2, -0.15) is 0 Å². The number of ketones is 1. The molecule has 21 nitrogen and oxygen atoms in total. The fraction of sp³-hybridized carbons (Fsp3) is 0.571. The summed E-state index contributed by atoms with van der Waals surface area (Å²) in [7, 11) is -6.87. The molecule has 0 saturated carbocycles. The number of rotatable bonds is 26. The molecule has 2 saturated heterocycles. The molecule has 5 rings (SSSR count). The second kappa shape index (κ2) is 28.7. The zero-order chi connectivity index (χ0) is 53.6. The summed E-state index contributed by atoms with van der Waals surface area (Å²) in [5.41, 5.74) is 10.9. The minimum absolute atomic E-state index is 0. The van der Waals surface area contributed by atoms with Crippen molar-refractivity contribution in [2.45, 2.75) is 139 Å². The van der Waals surface area contributed by atoms with E-state index in [1.807, 2.05) is 60.7 Å². The van der Waals surface area contributed by atoms with Crippen LogP contribution in [0.2, 0.25) is 30.7 Å². The summed E-state index contributed by atoms with van der Waals surface area (Å²) in [5.74, 6) is -1.66. The monoisotopic (exact) mass is 1100 g/mol. The number of hydrogen-bond acceptors (Lipinski definition) is 19. The molecule has 0 unspecified atom stereocenters. The first-order chi connectivity index (χ1) is 34.5. The van der Waals surface area contributed by atoms with E-state index in [0.717, 1.165) is 24.6 Å². The third-order valence-corrected chi connectivity index (χ3v) is 19.4. The van der Waals surface area contributed by atoms with E-state index in [1.54, 1.807) is 24.3 Å². The Morgan fingerprint density at radius 3 is 1.95 bits per heavy atom. The first-order valence-electron chi connectivity index (χ1n) is 23.7. The first kappa shape index (κ1) is 62.9. The van der Waals surface area contributed by atoms with Crippen LogP contribution in [0.25, 0.3) is 10.4 Å². The van der Waals surface area contributed by atoms with E-state index in [0.29, 0.717) is 17.4 Å². The number of Topliss-reactive ketones (excluding diaryl/α,β-unsaturated/α-hetero) is 1. The van der Waals surface area contributed by atoms with Crippen LogP contribution >= 0.6 is 0 Å². The van der Waals surface area contributed by atoms with Gasteiger partial charge in [-0.15, -0.1) is 0 Å². The van der Waals surface area contributed by atoms with Gasteiger partial charge in [0.05, 0.1) is 33.9 Å². The van der Waals surface area contributed by atoms with E-state index < -0.39 is 112 Å². The maximum absolute atomic E-state index is 13.9. The molecule has 2 aliphatic rings. The van der Waals surface area contributed by atoms with E-state index >= 15 is 0 Å². The quantitative estimate of drug-likeness (QED) is 0.0128. The molecule has 2 aliphatic heterocycles. The average molecular weight is 1100 g/mol. The molecule has 25 heteroatoms. The molecule has 0 amide bonds. The van der Waals surface area contributed by atoms with Crippen molar-refractivity contribution in [1.82, 2.24) is 0 Å². The van der Waals surface area contributed by atoms with Crippen LogP contribution in [0.4, 0.5) is 0 Å². The second-order valence-electron chi connectivity index (χ2n) is 19.7. The van der Waals surface area contributed by atoms with Crippen LogP contribution in [0.3, 0.4) is 0 Å². The summed E-state index contributed by atoms with van der Waals surface area (Å²) in [4.78, 5) is 42.9. The van der Waals surface area contributed by atoms with Crippen molar-refractivity contribution in [2.75, 3.05) is 41.3 Å². The summed E-state index contributed by atoms with van der Waals surface area (Å²) in [6.07, 6.45) is -15.7. The zero-order valence-electron chi connectivity index (χ0n) is 43.9. The van der Waals surface area contributed by atoms with E-state index in [2.05, 4.69) is 50.4 Å². The van der Waals surface area contributed by atoms with Crippen LogP contribution in [0.5, 0.6) is 5.75 Å². The SMILES string of the molecule is COC(=O)[C@H]1O[C@H](OC)[C@H](OS(=O)(=O)[O-])[C@@H](OCOCC[Si](C)(C)C)[C@@H]1O[C@H]1O[C@H](CO[Si](c2ccccc2)(c2ccccc2)C(C)(C)C)[C@@H](OCc2ccc(OC)cc2)[C@H](OC(=O)CCC(C)=O)[C@H]1N=[N+]=[N-].[Na+]. The molecule has 0 aliphatic carbocycles. The van der Waals surface area contributed by atoms with Gasteiger partial charge in [0.15, 0.2) is 24.8 Å². The van der Waals surface area contributed by atoms with Gasteiger partial charge in [0.1, 0.15) is 54.9 Å². The van der Waals surface area contributed by atoms with Gasteiger partial charge in [-0.3, -0.25) is 8.98 Å². The fourth-order valence-corrected chi connectivity index (χ4v) is 14.4. The molecule has 0 bridgehead atoms. The average Bonchev–Trinajstić information content (AvgIpc) is 3.34. The van der Waals surface area contributed by atoms with Crippen LogP contribution in [-0.2, 0) is 82.6 Å².